The van der Waals surface area contributed by atoms with Crippen LogP contribution in [0.5, 0.6) is 0 Å². The largest absolute Gasteiger partial charge is 0.392 e. The number of fused-ring (bicyclic) bond motifs is 1. The van der Waals surface area contributed by atoms with Crippen LogP contribution in [0.1, 0.15) is 70.3 Å². The van der Waals surface area contributed by atoms with E-state index in [0.29, 0.717) is 18.5 Å². The van der Waals surface area contributed by atoms with Crippen LogP contribution in [0, 0.1) is 0 Å². The summed E-state index contributed by atoms with van der Waals surface area (Å²) in [4.78, 5) is 35.0. The molecule has 270 valence electrons. The van der Waals surface area contributed by atoms with Gasteiger partial charge in [-0.05, 0) is 77.1 Å². The zero-order valence-electron chi connectivity index (χ0n) is 29.4. The molecule has 2 saturated heterocycles. The van der Waals surface area contributed by atoms with Crippen LogP contribution < -0.4 is 11.0 Å². The molecule has 3 N–H and O–H groups in total. The Hall–Kier alpha value is -5.39. The fraction of sp³-hybridized carbons (Fsp3) is 0.279. The number of amides is 1. The van der Waals surface area contributed by atoms with Crippen molar-refractivity contribution in [2.45, 2.75) is 57.0 Å². The van der Waals surface area contributed by atoms with Gasteiger partial charge in [-0.15, -0.1) is 0 Å². The molecule has 0 radical (unpaired) electrons. The minimum absolute atomic E-state index is 0.00827. The molecule has 1 amide bonds. The van der Waals surface area contributed by atoms with Crippen LogP contribution >= 0.6 is 0 Å². The zero-order valence-corrected chi connectivity index (χ0v) is 29.4. The van der Waals surface area contributed by atoms with Gasteiger partial charge in [-0.1, -0.05) is 72.8 Å². The second-order valence-electron chi connectivity index (χ2n) is 13.9. The number of aliphatic hydroxyl groups is 1. The molecule has 3 atom stereocenters. The second-order valence-corrected chi connectivity index (χ2v) is 13.9. The molecule has 4 aromatic carbocycles. The van der Waals surface area contributed by atoms with Crippen molar-refractivity contribution in [3.63, 3.8) is 0 Å². The fourth-order valence-electron chi connectivity index (χ4n) is 7.63. The molecule has 0 bridgehead atoms. The van der Waals surface area contributed by atoms with Crippen molar-refractivity contribution < 1.29 is 19.4 Å². The average molecular weight is 710 g/mol. The first-order chi connectivity index (χ1) is 26.0. The molecule has 2 fully saturated rings. The summed E-state index contributed by atoms with van der Waals surface area (Å²) in [7, 11) is 0. The highest BCUT2D eigenvalue weighted by Crippen LogP contribution is 2.39. The van der Waals surface area contributed by atoms with Crippen LogP contribution in [-0.4, -0.2) is 56.2 Å². The molecule has 0 unspecified atom stereocenters. The molecule has 4 heterocycles. The molecule has 8 rings (SSSR count). The van der Waals surface area contributed by atoms with Crippen LogP contribution in [0.4, 0.5) is 0 Å². The third kappa shape index (κ3) is 7.86. The number of aromatic amines is 1. The maximum Gasteiger partial charge on any atom is 0.326 e. The molecule has 10 heteroatoms. The predicted octanol–water partition coefficient (Wildman–Crippen LogP) is 6.70. The lowest BCUT2D eigenvalue weighted by Gasteiger charge is -2.40. The van der Waals surface area contributed by atoms with Crippen molar-refractivity contribution in [1.82, 2.24) is 24.8 Å². The SMILES string of the molecule is O=C(NCc1cccc(-c2cccc([C@H]3O[C@@H](CN4CCC(n5c(=O)[nH]c6ccccc65)CC4)C[C@@H](c4ccc(CO)cc4)O3)c2)c1)c1cccnc1. The summed E-state index contributed by atoms with van der Waals surface area (Å²) in [6.07, 6.45) is 4.81. The lowest BCUT2D eigenvalue weighted by atomic mass is 9.97. The van der Waals surface area contributed by atoms with E-state index in [1.165, 1.54) is 0 Å². The minimum Gasteiger partial charge on any atom is -0.392 e. The molecule has 6 aromatic rings. The Bertz CT molecular complexity index is 2230. The van der Waals surface area contributed by atoms with Crippen LogP contribution in [0.25, 0.3) is 22.2 Å². The molecule has 10 nitrogen and oxygen atoms in total. The second kappa shape index (κ2) is 15.7. The standard InChI is InChI=1S/C43H43N5O5/c49-28-29-13-15-31(16-14-29)40-24-37(27-47-20-17-36(18-21-47)48-39-12-2-1-11-38(39)46-43(48)51)52-42(53-40)34-9-4-8-33(23-34)32-7-3-6-30(22-32)25-45-41(50)35-10-5-19-44-26-35/h1-16,19,22-23,26,36-37,40,42,49H,17-18,20-21,24-25,27-28H2,(H,45,50)(H,46,51)/t37-,40+,42+/m1/s1. The van der Waals surface area contributed by atoms with Gasteiger partial charge in [-0.2, -0.15) is 0 Å². The molecular formula is C43H43N5O5. The molecule has 53 heavy (non-hydrogen) atoms. The first-order valence-corrected chi connectivity index (χ1v) is 18.3. The molecule has 2 aromatic heterocycles. The van der Waals surface area contributed by atoms with E-state index in [4.69, 9.17) is 9.47 Å². The van der Waals surface area contributed by atoms with Gasteiger partial charge in [0.15, 0.2) is 6.29 Å². The van der Waals surface area contributed by atoms with Gasteiger partial charge in [0.05, 0.1) is 35.4 Å². The number of hydrogen-bond acceptors (Lipinski definition) is 7. The van der Waals surface area contributed by atoms with Crippen LogP contribution in [-0.2, 0) is 22.6 Å². The van der Waals surface area contributed by atoms with Gasteiger partial charge in [-0.3, -0.25) is 14.3 Å². The monoisotopic (exact) mass is 709 g/mol. The Morgan fingerprint density at radius 3 is 2.43 bits per heavy atom. The number of hydrogen-bond donors (Lipinski definition) is 3. The number of carbonyl (C=O) groups is 1. The van der Waals surface area contributed by atoms with Crippen molar-refractivity contribution in [1.29, 1.82) is 0 Å². The Balaban J connectivity index is 0.979. The quantitative estimate of drug-likeness (QED) is 0.145. The van der Waals surface area contributed by atoms with Gasteiger partial charge in [0.2, 0.25) is 0 Å². The van der Waals surface area contributed by atoms with Gasteiger partial charge in [-0.25, -0.2) is 4.79 Å². The minimum atomic E-state index is -0.583. The van der Waals surface area contributed by atoms with Gasteiger partial charge in [0.1, 0.15) is 0 Å². The predicted molar refractivity (Wildman–Crippen MR) is 203 cm³/mol. The number of H-pyrrole nitrogens is 1. The van der Waals surface area contributed by atoms with E-state index >= 15 is 0 Å². The normalized spacial score (nSPS) is 19.7. The maximum atomic E-state index is 12.9. The van der Waals surface area contributed by atoms with E-state index in [9.17, 15) is 14.7 Å². The van der Waals surface area contributed by atoms with Gasteiger partial charge < -0.3 is 29.8 Å². The van der Waals surface area contributed by atoms with E-state index in [1.807, 2.05) is 77.4 Å². The number of likely N-dealkylation sites (tertiary alicyclic amines) is 1. The Kier molecular flexibility index (Phi) is 10.3. The molecule has 0 saturated carbocycles. The van der Waals surface area contributed by atoms with Crippen molar-refractivity contribution in [3.05, 3.63) is 160 Å². The number of benzene rings is 4. The van der Waals surface area contributed by atoms with Gasteiger partial charge in [0, 0.05) is 56.6 Å². The first kappa shape index (κ1) is 34.7. The summed E-state index contributed by atoms with van der Waals surface area (Å²) in [6.45, 7) is 2.88. The van der Waals surface area contributed by atoms with Crippen LogP contribution in [0.2, 0.25) is 0 Å². The van der Waals surface area contributed by atoms with E-state index in [2.05, 4.69) is 44.5 Å². The Morgan fingerprint density at radius 1 is 0.849 bits per heavy atom. The number of aromatic nitrogens is 3. The summed E-state index contributed by atoms with van der Waals surface area (Å²) < 4.78 is 15.4. The van der Waals surface area contributed by atoms with E-state index in [1.54, 1.807) is 24.5 Å². The summed E-state index contributed by atoms with van der Waals surface area (Å²) >= 11 is 0. The van der Waals surface area contributed by atoms with E-state index < -0.39 is 6.29 Å². The fourth-order valence-corrected chi connectivity index (χ4v) is 7.63. The number of aliphatic hydroxyl groups excluding tert-OH is 1. The van der Waals surface area contributed by atoms with Crippen molar-refractivity contribution in [3.8, 4) is 11.1 Å². The molecule has 2 aliphatic rings. The number of carbonyl (C=O) groups excluding carboxylic acids is 1. The first-order valence-electron chi connectivity index (χ1n) is 18.3. The smallest absolute Gasteiger partial charge is 0.326 e. The number of rotatable bonds is 10. The van der Waals surface area contributed by atoms with Crippen molar-refractivity contribution in [2.75, 3.05) is 19.6 Å². The Morgan fingerprint density at radius 2 is 1.64 bits per heavy atom. The number of piperidine rings is 1. The summed E-state index contributed by atoms with van der Waals surface area (Å²) in [5.74, 6) is -0.165. The van der Waals surface area contributed by atoms with E-state index in [0.717, 1.165) is 76.9 Å². The zero-order chi connectivity index (χ0) is 36.1. The topological polar surface area (TPSA) is 122 Å². The van der Waals surface area contributed by atoms with Crippen LogP contribution in [0.15, 0.2) is 126 Å². The number of imidazole rings is 1. The van der Waals surface area contributed by atoms with Crippen molar-refractivity contribution in [2.24, 2.45) is 0 Å². The third-order valence-corrected chi connectivity index (χ3v) is 10.4. The molecule has 2 aliphatic heterocycles. The number of ether oxygens (including phenoxy) is 2. The highest BCUT2D eigenvalue weighted by atomic mass is 16.7. The molecule has 0 spiro atoms. The van der Waals surface area contributed by atoms with Crippen molar-refractivity contribution >= 4 is 16.9 Å². The lowest BCUT2D eigenvalue weighted by Crippen LogP contribution is -2.43. The maximum absolute atomic E-state index is 12.9. The number of nitrogens with one attached hydrogen (secondary N) is 2. The Labute approximate surface area is 308 Å². The van der Waals surface area contributed by atoms with Gasteiger partial charge >= 0.3 is 5.69 Å². The lowest BCUT2D eigenvalue weighted by molar-refractivity contribution is -0.253. The average Bonchev–Trinajstić information content (AvgIpc) is 3.56. The summed E-state index contributed by atoms with van der Waals surface area (Å²) in [6, 6.07) is 35.9. The number of pyridine rings is 1. The molecular weight excluding hydrogens is 667 g/mol. The van der Waals surface area contributed by atoms with E-state index in [-0.39, 0.29) is 36.5 Å². The highest BCUT2D eigenvalue weighted by Gasteiger charge is 2.34. The molecule has 0 aliphatic carbocycles. The summed E-state index contributed by atoms with van der Waals surface area (Å²) in [5.41, 5.74) is 8.19. The number of nitrogens with zero attached hydrogens (tertiary/aromatic N) is 3. The highest BCUT2D eigenvalue weighted by molar-refractivity contribution is 5.93. The van der Waals surface area contributed by atoms with Gasteiger partial charge in [0.25, 0.3) is 5.91 Å². The van der Waals surface area contributed by atoms with Crippen LogP contribution in [0.3, 0.4) is 0 Å². The summed E-state index contributed by atoms with van der Waals surface area (Å²) in [5, 5.41) is 12.6. The number of para-hydroxylation sites is 2. The third-order valence-electron chi connectivity index (χ3n) is 10.4.